The summed E-state index contributed by atoms with van der Waals surface area (Å²) in [5.41, 5.74) is 3.08. The van der Waals surface area contributed by atoms with Crippen LogP contribution in [-0.2, 0) is 32.6 Å². The fourth-order valence-corrected chi connectivity index (χ4v) is 5.07. The predicted octanol–water partition coefficient (Wildman–Crippen LogP) is 4.30. The SMILES string of the molecule is CCNC(=O)[C@@H](Cc1ccccc1)N(Cc1ccc(Br)cc1)C(=O)CN(c1ccc(C)cc1)S(C)(=O)=O. The van der Waals surface area contributed by atoms with Gasteiger partial charge in [0.1, 0.15) is 12.6 Å². The van der Waals surface area contributed by atoms with E-state index < -0.39 is 28.5 Å². The largest absolute Gasteiger partial charge is 0.355 e. The maximum atomic E-state index is 13.9. The summed E-state index contributed by atoms with van der Waals surface area (Å²) < 4.78 is 27.5. The zero-order valence-electron chi connectivity index (χ0n) is 21.2. The molecule has 37 heavy (non-hydrogen) atoms. The normalized spacial score (nSPS) is 12.0. The molecular weight excluding hydrogens is 554 g/mol. The molecule has 3 aromatic carbocycles. The second-order valence-electron chi connectivity index (χ2n) is 8.85. The topological polar surface area (TPSA) is 86.8 Å². The van der Waals surface area contributed by atoms with Crippen molar-refractivity contribution in [3.05, 3.63) is 100 Å². The van der Waals surface area contributed by atoms with Crippen LogP contribution in [0.4, 0.5) is 5.69 Å². The minimum Gasteiger partial charge on any atom is -0.355 e. The summed E-state index contributed by atoms with van der Waals surface area (Å²) in [7, 11) is -3.77. The number of carbonyl (C=O) groups is 2. The van der Waals surface area contributed by atoms with Crippen LogP contribution < -0.4 is 9.62 Å². The Kier molecular flexibility index (Phi) is 9.88. The maximum absolute atomic E-state index is 13.9. The molecule has 3 aromatic rings. The van der Waals surface area contributed by atoms with Crippen molar-refractivity contribution in [1.29, 1.82) is 0 Å². The number of hydrogen-bond donors (Lipinski definition) is 1. The van der Waals surface area contributed by atoms with Gasteiger partial charge in [-0.25, -0.2) is 8.42 Å². The Balaban J connectivity index is 2.02. The predicted molar refractivity (Wildman–Crippen MR) is 151 cm³/mol. The first-order valence-electron chi connectivity index (χ1n) is 12.0. The summed E-state index contributed by atoms with van der Waals surface area (Å²) in [5, 5.41) is 2.85. The lowest BCUT2D eigenvalue weighted by Crippen LogP contribution is -2.53. The molecule has 0 fully saturated rings. The van der Waals surface area contributed by atoms with Gasteiger partial charge >= 0.3 is 0 Å². The average molecular weight is 587 g/mol. The molecule has 0 unspecified atom stereocenters. The van der Waals surface area contributed by atoms with E-state index in [1.165, 1.54) is 4.90 Å². The summed E-state index contributed by atoms with van der Waals surface area (Å²) in [6.45, 7) is 3.85. The van der Waals surface area contributed by atoms with Gasteiger partial charge in [-0.2, -0.15) is 0 Å². The first kappa shape index (κ1) is 28.4. The number of likely N-dealkylation sites (N-methyl/N-ethyl adjacent to an activating group) is 1. The summed E-state index contributed by atoms with van der Waals surface area (Å²) in [5.74, 6) is -0.765. The molecule has 0 aliphatic heterocycles. The van der Waals surface area contributed by atoms with Gasteiger partial charge in [0.2, 0.25) is 21.8 Å². The number of halogens is 1. The number of hydrogen-bond acceptors (Lipinski definition) is 4. The molecule has 0 saturated heterocycles. The standard InChI is InChI=1S/C28H32BrN3O4S/c1-4-30-28(34)26(18-22-8-6-5-7-9-22)31(19-23-12-14-24(29)15-13-23)27(33)20-32(37(3,35)36)25-16-10-21(2)11-17-25/h5-17,26H,4,18-20H2,1-3H3,(H,30,34)/t26-/m1/s1. The molecule has 0 saturated carbocycles. The lowest BCUT2D eigenvalue weighted by Gasteiger charge is -2.33. The van der Waals surface area contributed by atoms with E-state index >= 15 is 0 Å². The van der Waals surface area contributed by atoms with Gasteiger partial charge in [-0.3, -0.25) is 13.9 Å². The van der Waals surface area contributed by atoms with Crippen molar-refractivity contribution >= 4 is 43.5 Å². The maximum Gasteiger partial charge on any atom is 0.244 e. The second kappa shape index (κ2) is 12.9. The number of nitrogens with one attached hydrogen (secondary N) is 1. The van der Waals surface area contributed by atoms with Crippen LogP contribution in [0.15, 0.2) is 83.3 Å². The van der Waals surface area contributed by atoms with Crippen LogP contribution in [0, 0.1) is 6.92 Å². The summed E-state index contributed by atoms with van der Waals surface area (Å²) in [6.07, 6.45) is 1.36. The van der Waals surface area contributed by atoms with Crippen LogP contribution in [0.3, 0.4) is 0 Å². The number of benzene rings is 3. The van der Waals surface area contributed by atoms with E-state index in [2.05, 4.69) is 21.2 Å². The molecule has 3 rings (SSSR count). The zero-order chi connectivity index (χ0) is 27.0. The Hall–Kier alpha value is -3.17. The number of nitrogens with zero attached hydrogens (tertiary/aromatic N) is 2. The fraction of sp³-hybridized carbons (Fsp3) is 0.286. The third kappa shape index (κ3) is 8.16. The van der Waals surface area contributed by atoms with Gasteiger partial charge in [0.15, 0.2) is 0 Å². The molecule has 0 aromatic heterocycles. The van der Waals surface area contributed by atoms with Crippen molar-refractivity contribution in [2.75, 3.05) is 23.7 Å². The number of sulfonamides is 1. The lowest BCUT2D eigenvalue weighted by molar-refractivity contribution is -0.140. The monoisotopic (exact) mass is 585 g/mol. The highest BCUT2D eigenvalue weighted by Crippen LogP contribution is 2.21. The van der Waals surface area contributed by atoms with E-state index in [4.69, 9.17) is 0 Å². The lowest BCUT2D eigenvalue weighted by atomic mass is 10.0. The van der Waals surface area contributed by atoms with Crippen LogP contribution in [-0.4, -0.2) is 50.5 Å². The number of aryl methyl sites for hydroxylation is 1. The van der Waals surface area contributed by atoms with Gasteiger partial charge in [0, 0.05) is 24.0 Å². The van der Waals surface area contributed by atoms with Crippen molar-refractivity contribution < 1.29 is 18.0 Å². The van der Waals surface area contributed by atoms with Gasteiger partial charge in [-0.15, -0.1) is 0 Å². The first-order valence-corrected chi connectivity index (χ1v) is 14.6. The minimum absolute atomic E-state index is 0.145. The van der Waals surface area contributed by atoms with Crippen molar-refractivity contribution in [2.45, 2.75) is 32.9 Å². The van der Waals surface area contributed by atoms with E-state index in [0.29, 0.717) is 18.7 Å². The first-order chi connectivity index (χ1) is 17.6. The molecule has 7 nitrogen and oxygen atoms in total. The Bertz CT molecular complexity index is 1300. The number of rotatable bonds is 11. The molecule has 1 N–H and O–H groups in total. The van der Waals surface area contributed by atoms with Crippen LogP contribution in [0.25, 0.3) is 0 Å². The van der Waals surface area contributed by atoms with Crippen LogP contribution in [0.1, 0.15) is 23.6 Å². The summed E-state index contributed by atoms with van der Waals surface area (Å²) >= 11 is 3.43. The highest BCUT2D eigenvalue weighted by molar-refractivity contribution is 9.10. The molecule has 1 atom stereocenters. The zero-order valence-corrected chi connectivity index (χ0v) is 23.6. The summed E-state index contributed by atoms with van der Waals surface area (Å²) in [6, 6.07) is 23.0. The Morgan fingerprint density at radius 3 is 2.11 bits per heavy atom. The van der Waals surface area contributed by atoms with E-state index in [1.54, 1.807) is 24.3 Å². The molecule has 9 heteroatoms. The number of amides is 2. The number of anilines is 1. The quantitative estimate of drug-likeness (QED) is 0.363. The van der Waals surface area contributed by atoms with Gasteiger partial charge in [-0.1, -0.05) is 76.1 Å². The molecule has 0 spiro atoms. The van der Waals surface area contributed by atoms with Gasteiger partial charge in [0.05, 0.1) is 11.9 Å². The van der Waals surface area contributed by atoms with E-state index in [9.17, 15) is 18.0 Å². The van der Waals surface area contributed by atoms with Gasteiger partial charge in [0.25, 0.3) is 0 Å². The van der Waals surface area contributed by atoms with Crippen molar-refractivity contribution in [1.82, 2.24) is 10.2 Å². The van der Waals surface area contributed by atoms with Crippen LogP contribution >= 0.6 is 15.9 Å². The molecule has 0 bridgehead atoms. The highest BCUT2D eigenvalue weighted by Gasteiger charge is 2.32. The van der Waals surface area contributed by atoms with E-state index in [-0.39, 0.29) is 12.5 Å². The Labute approximate surface area is 227 Å². The van der Waals surface area contributed by atoms with Crippen LogP contribution in [0.5, 0.6) is 0 Å². The highest BCUT2D eigenvalue weighted by atomic mass is 79.9. The third-order valence-corrected chi connectivity index (χ3v) is 7.56. The van der Waals surface area contributed by atoms with Crippen molar-refractivity contribution in [3.63, 3.8) is 0 Å². The van der Waals surface area contributed by atoms with Crippen LogP contribution in [0.2, 0.25) is 0 Å². The molecule has 0 heterocycles. The van der Waals surface area contributed by atoms with Gasteiger partial charge < -0.3 is 10.2 Å². The smallest absolute Gasteiger partial charge is 0.244 e. The van der Waals surface area contributed by atoms with E-state index in [0.717, 1.165) is 31.7 Å². The number of carbonyl (C=O) groups excluding carboxylic acids is 2. The molecule has 196 valence electrons. The molecular formula is C28H32BrN3O4S. The van der Waals surface area contributed by atoms with Crippen molar-refractivity contribution in [2.24, 2.45) is 0 Å². The fourth-order valence-electron chi connectivity index (χ4n) is 3.96. The molecule has 2 amide bonds. The average Bonchev–Trinajstić information content (AvgIpc) is 2.86. The second-order valence-corrected chi connectivity index (χ2v) is 11.7. The summed E-state index contributed by atoms with van der Waals surface area (Å²) in [4.78, 5) is 28.6. The molecule has 0 radical (unpaired) electrons. The van der Waals surface area contributed by atoms with E-state index in [1.807, 2.05) is 68.4 Å². The van der Waals surface area contributed by atoms with Crippen molar-refractivity contribution in [3.8, 4) is 0 Å². The third-order valence-electron chi connectivity index (χ3n) is 5.89. The minimum atomic E-state index is -3.77. The van der Waals surface area contributed by atoms with Gasteiger partial charge in [-0.05, 0) is 49.2 Å². The Morgan fingerprint density at radius 2 is 1.54 bits per heavy atom. The Morgan fingerprint density at radius 1 is 0.919 bits per heavy atom. The molecule has 0 aliphatic rings. The molecule has 0 aliphatic carbocycles.